The molecule has 2 aliphatic heterocycles. The smallest absolute Gasteiger partial charge is 0.199 e. The summed E-state index contributed by atoms with van der Waals surface area (Å²) in [5, 5.41) is 51.6. The van der Waals surface area contributed by atoms with Crippen LogP contribution >= 0.6 is 0 Å². The number of aliphatic hydroxyl groups is 2. The lowest BCUT2D eigenvalue weighted by Gasteiger charge is -2.31. The monoisotopic (exact) mass is 480 g/mol. The highest BCUT2D eigenvalue weighted by Crippen LogP contribution is 2.52. The number of aliphatic hydroxyl groups excluding tert-OH is 2. The van der Waals surface area contributed by atoms with Crippen LogP contribution in [0.4, 0.5) is 0 Å². The average molecular weight is 480 g/mol. The number of aryl methyl sites for hydroxylation is 1. The van der Waals surface area contributed by atoms with Crippen molar-refractivity contribution in [2.45, 2.75) is 31.2 Å². The van der Waals surface area contributed by atoms with Crippen LogP contribution in [0.3, 0.4) is 0 Å². The maximum absolute atomic E-state index is 12.9. The van der Waals surface area contributed by atoms with Crippen LogP contribution in [-0.4, -0.2) is 51.1 Å². The van der Waals surface area contributed by atoms with E-state index in [2.05, 4.69) is 0 Å². The second-order valence-corrected chi connectivity index (χ2v) is 8.70. The van der Waals surface area contributed by atoms with Gasteiger partial charge >= 0.3 is 0 Å². The van der Waals surface area contributed by atoms with Gasteiger partial charge in [0.1, 0.15) is 17.6 Å². The van der Waals surface area contributed by atoms with Crippen molar-refractivity contribution in [1.82, 2.24) is 0 Å². The molecule has 9 heteroatoms. The van der Waals surface area contributed by atoms with Gasteiger partial charge in [-0.25, -0.2) is 0 Å². The number of rotatable bonds is 4. The first kappa shape index (κ1) is 22.8. The summed E-state index contributed by atoms with van der Waals surface area (Å²) in [5.41, 5.74) is 2.05. The molecule has 35 heavy (non-hydrogen) atoms. The number of carbonyl (C=O) groups excluding carboxylic acids is 1. The first-order chi connectivity index (χ1) is 16.7. The van der Waals surface area contributed by atoms with Crippen LogP contribution < -0.4 is 14.2 Å². The summed E-state index contributed by atoms with van der Waals surface area (Å²) < 4.78 is 17.1. The van der Waals surface area contributed by atoms with Crippen molar-refractivity contribution in [1.29, 1.82) is 0 Å². The van der Waals surface area contributed by atoms with Gasteiger partial charge in [-0.3, -0.25) is 4.79 Å². The van der Waals surface area contributed by atoms with E-state index in [0.29, 0.717) is 22.3 Å². The Morgan fingerprint density at radius 2 is 1.71 bits per heavy atom. The summed E-state index contributed by atoms with van der Waals surface area (Å²) >= 11 is 0. The summed E-state index contributed by atoms with van der Waals surface area (Å²) in [4.78, 5) is 12.9. The summed E-state index contributed by atoms with van der Waals surface area (Å²) in [5.74, 6) is -1.00. The minimum atomic E-state index is -1.55. The van der Waals surface area contributed by atoms with E-state index in [1.165, 1.54) is 31.4 Å². The Balaban J connectivity index is 1.54. The summed E-state index contributed by atoms with van der Waals surface area (Å²) in [6.45, 7) is 1.31. The first-order valence-corrected chi connectivity index (χ1v) is 11.0. The highest BCUT2D eigenvalue weighted by atomic mass is 16.5. The molecule has 2 aliphatic rings. The molecule has 0 saturated heterocycles. The largest absolute Gasteiger partial charge is 0.508 e. The summed E-state index contributed by atoms with van der Waals surface area (Å²) in [7, 11) is 1.42. The second kappa shape index (κ2) is 8.37. The van der Waals surface area contributed by atoms with Crippen LogP contribution in [0.1, 0.15) is 50.7 Å². The molecule has 0 saturated carbocycles. The molecule has 0 radical (unpaired) electrons. The number of ether oxygens (including phenoxy) is 3. The van der Waals surface area contributed by atoms with Crippen molar-refractivity contribution >= 4 is 5.78 Å². The molecule has 0 amide bonds. The summed E-state index contributed by atoms with van der Waals surface area (Å²) in [6, 6.07) is 10.4. The fraction of sp³-hybridized carbons (Fsp3) is 0.269. The van der Waals surface area contributed by atoms with Gasteiger partial charge in [0.2, 0.25) is 0 Å². The van der Waals surface area contributed by atoms with E-state index in [4.69, 9.17) is 14.2 Å². The fourth-order valence-corrected chi connectivity index (χ4v) is 4.85. The number of carbonyl (C=O) groups is 1. The van der Waals surface area contributed by atoms with Crippen LogP contribution in [-0.2, 0) is 0 Å². The zero-order valence-electron chi connectivity index (χ0n) is 18.9. The van der Waals surface area contributed by atoms with Gasteiger partial charge in [0.05, 0.1) is 25.2 Å². The Hall–Kier alpha value is -3.95. The van der Waals surface area contributed by atoms with E-state index < -0.39 is 30.0 Å². The van der Waals surface area contributed by atoms with Gasteiger partial charge in [0.25, 0.3) is 0 Å². The van der Waals surface area contributed by atoms with Gasteiger partial charge in [0.15, 0.2) is 41.0 Å². The molecule has 0 fully saturated rings. The predicted molar refractivity (Wildman–Crippen MR) is 123 cm³/mol. The Labute approximate surface area is 200 Å². The quantitative estimate of drug-likeness (QED) is 0.380. The Morgan fingerprint density at radius 1 is 0.943 bits per heavy atom. The lowest BCUT2D eigenvalue weighted by atomic mass is 9.87. The molecule has 3 aromatic carbocycles. The van der Waals surface area contributed by atoms with E-state index in [1.807, 2.05) is 0 Å². The van der Waals surface area contributed by atoms with E-state index in [1.54, 1.807) is 25.1 Å². The number of hydrogen-bond acceptors (Lipinski definition) is 9. The van der Waals surface area contributed by atoms with E-state index in [-0.39, 0.29) is 46.7 Å². The number of fused-ring (bicyclic) bond motifs is 2. The third kappa shape index (κ3) is 3.60. The standard InChI is InChI=1S/C26H24O9/c1-11-5-14(28)9-20-21(11)22(31)23(32)25(34-20)13-6-15-16(10-27)24(35-26(15)18(30)7-13)12-3-4-17(29)19(8-12)33-2/h3-9,16,23-25,27-30,32H,10H2,1-2H3/t16-,23?,24?,25?/m1/s1. The molecular weight excluding hydrogens is 456 g/mol. The average Bonchev–Trinajstić information content (AvgIpc) is 3.20. The number of phenols is 3. The second-order valence-electron chi connectivity index (χ2n) is 8.70. The van der Waals surface area contributed by atoms with Gasteiger partial charge in [0, 0.05) is 11.6 Å². The third-order valence-corrected chi connectivity index (χ3v) is 6.53. The first-order valence-electron chi connectivity index (χ1n) is 11.0. The van der Waals surface area contributed by atoms with E-state index in [9.17, 15) is 30.3 Å². The summed E-state index contributed by atoms with van der Waals surface area (Å²) in [6.07, 6.45) is -3.39. The molecule has 0 bridgehead atoms. The maximum atomic E-state index is 12.9. The number of hydrogen-bond donors (Lipinski definition) is 5. The molecule has 4 atom stereocenters. The Bertz CT molecular complexity index is 1330. The maximum Gasteiger partial charge on any atom is 0.199 e. The molecule has 0 aliphatic carbocycles. The van der Waals surface area contributed by atoms with E-state index in [0.717, 1.165) is 0 Å². The fourth-order valence-electron chi connectivity index (χ4n) is 4.85. The van der Waals surface area contributed by atoms with E-state index >= 15 is 0 Å². The molecule has 0 aromatic heterocycles. The van der Waals surface area contributed by atoms with Crippen LogP contribution in [0.2, 0.25) is 0 Å². The zero-order chi connectivity index (χ0) is 25.0. The minimum Gasteiger partial charge on any atom is -0.508 e. The predicted octanol–water partition coefficient (Wildman–Crippen LogP) is 3.01. The van der Waals surface area contributed by atoms with Crippen molar-refractivity contribution < 1.29 is 44.5 Å². The highest BCUT2D eigenvalue weighted by Gasteiger charge is 2.42. The molecule has 9 nitrogen and oxygen atoms in total. The van der Waals surface area contributed by atoms with Crippen molar-refractivity contribution in [2.75, 3.05) is 13.7 Å². The molecule has 3 aromatic rings. The van der Waals surface area contributed by atoms with Crippen LogP contribution in [0.15, 0.2) is 42.5 Å². The van der Waals surface area contributed by atoms with Gasteiger partial charge in [-0.2, -0.15) is 0 Å². The number of phenolic OH excluding ortho intramolecular Hbond substituents is 3. The zero-order valence-corrected chi connectivity index (χ0v) is 18.9. The normalized spacial score (nSPS) is 22.7. The lowest BCUT2D eigenvalue weighted by molar-refractivity contribution is 0.0213. The van der Waals surface area contributed by atoms with Crippen molar-refractivity contribution in [3.05, 3.63) is 70.3 Å². The Kier molecular flexibility index (Phi) is 5.46. The molecule has 0 spiro atoms. The number of benzene rings is 3. The van der Waals surface area contributed by atoms with Crippen molar-refractivity contribution in [3.63, 3.8) is 0 Å². The topological polar surface area (TPSA) is 146 Å². The van der Waals surface area contributed by atoms with Crippen LogP contribution in [0, 0.1) is 6.92 Å². The molecule has 5 rings (SSSR count). The van der Waals surface area contributed by atoms with Gasteiger partial charge in [-0.1, -0.05) is 6.07 Å². The van der Waals surface area contributed by atoms with Gasteiger partial charge < -0.3 is 39.7 Å². The van der Waals surface area contributed by atoms with Crippen LogP contribution in [0.5, 0.6) is 34.5 Å². The SMILES string of the molecule is COc1cc(C2Oc3c(O)cc(C4Oc5cc(O)cc(C)c5C(=O)C4O)cc3[C@H]2CO)ccc1O. The molecule has 3 unspecified atom stereocenters. The van der Waals surface area contributed by atoms with Gasteiger partial charge in [-0.15, -0.1) is 0 Å². The number of aromatic hydroxyl groups is 3. The molecule has 182 valence electrons. The number of methoxy groups -OCH3 is 1. The minimum absolute atomic E-state index is 0.0490. The molecule has 2 heterocycles. The lowest BCUT2D eigenvalue weighted by Crippen LogP contribution is -2.36. The van der Waals surface area contributed by atoms with Crippen molar-refractivity contribution in [3.8, 4) is 34.5 Å². The van der Waals surface area contributed by atoms with Crippen LogP contribution in [0.25, 0.3) is 0 Å². The van der Waals surface area contributed by atoms with Crippen molar-refractivity contribution in [2.24, 2.45) is 0 Å². The molecular formula is C26H24O9. The number of Topliss-reactive ketones (excluding diaryl/α,β-unsaturated/α-hetero) is 1. The highest BCUT2D eigenvalue weighted by molar-refractivity contribution is 6.04. The van der Waals surface area contributed by atoms with Gasteiger partial charge in [-0.05, 0) is 53.9 Å². The Morgan fingerprint density at radius 3 is 2.43 bits per heavy atom. The third-order valence-electron chi connectivity index (χ3n) is 6.53. The molecule has 5 N–H and O–H groups in total. The number of ketones is 1.